The van der Waals surface area contributed by atoms with Crippen molar-refractivity contribution in [3.8, 4) is 11.4 Å². The van der Waals surface area contributed by atoms with Crippen LogP contribution in [-0.2, 0) is 0 Å². The number of hydrogen-bond acceptors (Lipinski definition) is 7. The number of alkyl halides is 2. The Balaban J connectivity index is 1.84. The summed E-state index contributed by atoms with van der Waals surface area (Å²) in [5, 5.41) is 1.89. The zero-order valence-electron chi connectivity index (χ0n) is 13.9. The highest BCUT2D eigenvalue weighted by atomic mass is 32.1. The molecule has 3 rings (SSSR count). The van der Waals surface area contributed by atoms with E-state index in [2.05, 4.69) is 25.3 Å². The number of nitrogens with one attached hydrogen (secondary N) is 1. The number of nitrogens with zero attached hydrogens (tertiary/aromatic N) is 5. The molecule has 3 heterocycles. The van der Waals surface area contributed by atoms with Gasteiger partial charge in [0.05, 0.1) is 17.8 Å². The van der Waals surface area contributed by atoms with Crippen LogP contribution in [0.4, 0.5) is 24.1 Å². The van der Waals surface area contributed by atoms with Crippen molar-refractivity contribution < 1.29 is 18.0 Å². The number of thiazole rings is 1. The summed E-state index contributed by atoms with van der Waals surface area (Å²) in [5.41, 5.74) is 0.352. The number of carbonyl (C=O) groups is 1. The van der Waals surface area contributed by atoms with E-state index in [-0.39, 0.29) is 22.3 Å². The zero-order valence-corrected chi connectivity index (χ0v) is 14.8. The molecule has 0 aliphatic heterocycles. The minimum Gasteiger partial charge on any atom is -0.364 e. The molecule has 1 amide bonds. The second kappa shape index (κ2) is 8.08. The van der Waals surface area contributed by atoms with Gasteiger partial charge in [0.2, 0.25) is 5.13 Å². The topological polar surface area (TPSA) is 83.9 Å². The summed E-state index contributed by atoms with van der Waals surface area (Å²) in [4.78, 5) is 29.4. The molecule has 0 unspecified atom stereocenters. The van der Waals surface area contributed by atoms with Gasteiger partial charge in [-0.2, -0.15) is 4.39 Å². The zero-order chi connectivity index (χ0) is 19.4. The first-order chi connectivity index (χ1) is 13.0. The van der Waals surface area contributed by atoms with E-state index in [1.807, 2.05) is 0 Å². The number of anilines is 2. The molecule has 0 bridgehead atoms. The van der Waals surface area contributed by atoms with Gasteiger partial charge in [-0.3, -0.25) is 14.7 Å². The summed E-state index contributed by atoms with van der Waals surface area (Å²) in [6.07, 6.45) is 1.49. The standard InChI is InChI=1S/C16H13F3N6OS/c1-25(15(26)9-3-2-4-20-6-9)16-24-13(14(19)27-16)10-5-12(23-8-22-10)21-7-11(17)18/h2-6,8,11H,7H2,1H3,(H,21,22,23). The normalized spacial score (nSPS) is 10.9. The summed E-state index contributed by atoms with van der Waals surface area (Å²) in [5.74, 6) is -0.278. The lowest BCUT2D eigenvalue weighted by molar-refractivity contribution is 0.0992. The van der Waals surface area contributed by atoms with Crippen LogP contribution in [0.2, 0.25) is 0 Å². The molecule has 0 aliphatic rings. The number of pyridine rings is 1. The minimum absolute atomic E-state index is 0.0941. The maximum Gasteiger partial charge on any atom is 0.261 e. The van der Waals surface area contributed by atoms with E-state index < -0.39 is 24.0 Å². The van der Waals surface area contributed by atoms with Crippen LogP contribution in [0.1, 0.15) is 10.4 Å². The van der Waals surface area contributed by atoms with E-state index in [1.54, 1.807) is 12.1 Å². The Morgan fingerprint density at radius 2 is 2.19 bits per heavy atom. The highest BCUT2D eigenvalue weighted by Gasteiger charge is 2.21. The fourth-order valence-electron chi connectivity index (χ4n) is 2.13. The van der Waals surface area contributed by atoms with Gasteiger partial charge in [0, 0.05) is 25.5 Å². The smallest absolute Gasteiger partial charge is 0.261 e. The largest absolute Gasteiger partial charge is 0.364 e. The molecule has 0 atom stereocenters. The van der Waals surface area contributed by atoms with Crippen LogP contribution in [0.15, 0.2) is 36.9 Å². The van der Waals surface area contributed by atoms with Gasteiger partial charge in [0.25, 0.3) is 12.3 Å². The van der Waals surface area contributed by atoms with Gasteiger partial charge in [0.1, 0.15) is 17.8 Å². The molecule has 1 N–H and O–H groups in total. The van der Waals surface area contributed by atoms with Gasteiger partial charge in [-0.15, -0.1) is 0 Å². The van der Waals surface area contributed by atoms with Crippen LogP contribution in [0.3, 0.4) is 0 Å². The van der Waals surface area contributed by atoms with Crippen LogP contribution < -0.4 is 10.2 Å². The Kier molecular flexibility index (Phi) is 5.60. The predicted octanol–water partition coefficient (Wildman–Crippen LogP) is 3.09. The van der Waals surface area contributed by atoms with E-state index >= 15 is 0 Å². The second-order valence-corrected chi connectivity index (χ2v) is 6.21. The van der Waals surface area contributed by atoms with Crippen molar-refractivity contribution in [2.75, 3.05) is 23.8 Å². The van der Waals surface area contributed by atoms with Gasteiger partial charge in [-0.1, -0.05) is 11.3 Å². The van der Waals surface area contributed by atoms with Crippen molar-refractivity contribution in [3.05, 3.63) is 47.6 Å². The number of aromatic nitrogens is 4. The molecule has 0 aromatic carbocycles. The Morgan fingerprint density at radius 1 is 1.37 bits per heavy atom. The average Bonchev–Trinajstić information content (AvgIpc) is 3.08. The van der Waals surface area contributed by atoms with Crippen molar-refractivity contribution in [1.82, 2.24) is 19.9 Å². The van der Waals surface area contributed by atoms with Crippen molar-refractivity contribution in [3.63, 3.8) is 0 Å². The fraction of sp³-hybridized carbons (Fsp3) is 0.188. The number of amides is 1. The molecule has 3 aromatic heterocycles. The molecule has 7 nitrogen and oxygen atoms in total. The quantitative estimate of drug-likeness (QED) is 0.692. The molecule has 0 spiro atoms. The summed E-state index contributed by atoms with van der Waals surface area (Å²) in [6, 6.07) is 4.51. The number of hydrogen-bond donors (Lipinski definition) is 1. The Bertz CT molecular complexity index is 937. The molecule has 0 radical (unpaired) electrons. The van der Waals surface area contributed by atoms with Crippen LogP contribution in [0, 0.1) is 5.13 Å². The summed E-state index contributed by atoms with van der Waals surface area (Å²) >= 11 is 0.670. The van der Waals surface area contributed by atoms with Crippen molar-refractivity contribution >= 4 is 28.2 Å². The lowest BCUT2D eigenvalue weighted by atomic mass is 10.2. The molecule has 3 aromatic rings. The lowest BCUT2D eigenvalue weighted by Gasteiger charge is -2.13. The van der Waals surface area contributed by atoms with Crippen LogP contribution in [0.25, 0.3) is 11.4 Å². The predicted molar refractivity (Wildman–Crippen MR) is 94.6 cm³/mol. The third-order valence-electron chi connectivity index (χ3n) is 3.42. The third kappa shape index (κ3) is 4.37. The lowest BCUT2D eigenvalue weighted by Crippen LogP contribution is -2.26. The molecule has 0 saturated carbocycles. The highest BCUT2D eigenvalue weighted by molar-refractivity contribution is 7.14. The SMILES string of the molecule is CN(C(=O)c1cccnc1)c1nc(-c2cc(NCC(F)F)ncn2)c(F)s1. The molecular formula is C16H13F3N6OS. The van der Waals surface area contributed by atoms with Gasteiger partial charge in [-0.25, -0.2) is 23.7 Å². The average molecular weight is 394 g/mol. The fourth-order valence-corrected chi connectivity index (χ4v) is 2.89. The maximum atomic E-state index is 14.4. The van der Waals surface area contributed by atoms with Crippen molar-refractivity contribution in [1.29, 1.82) is 0 Å². The monoisotopic (exact) mass is 394 g/mol. The second-order valence-electron chi connectivity index (χ2n) is 5.29. The van der Waals surface area contributed by atoms with Crippen LogP contribution in [0.5, 0.6) is 0 Å². The van der Waals surface area contributed by atoms with Crippen LogP contribution >= 0.6 is 11.3 Å². The first kappa shape index (κ1) is 18.7. The first-order valence-electron chi connectivity index (χ1n) is 7.64. The molecular weight excluding hydrogens is 381 g/mol. The first-order valence-corrected chi connectivity index (χ1v) is 8.46. The number of halogens is 3. The van der Waals surface area contributed by atoms with Crippen LogP contribution in [-0.4, -0.2) is 45.9 Å². The van der Waals surface area contributed by atoms with E-state index in [0.717, 1.165) is 6.33 Å². The Hall–Kier alpha value is -3.08. The van der Waals surface area contributed by atoms with E-state index in [0.29, 0.717) is 16.9 Å². The summed E-state index contributed by atoms with van der Waals surface area (Å²) in [7, 11) is 1.47. The number of rotatable bonds is 6. The summed E-state index contributed by atoms with van der Waals surface area (Å²) < 4.78 is 39.0. The maximum absolute atomic E-state index is 14.4. The van der Waals surface area contributed by atoms with Gasteiger partial charge in [-0.05, 0) is 12.1 Å². The van der Waals surface area contributed by atoms with E-state index in [9.17, 15) is 18.0 Å². The van der Waals surface area contributed by atoms with E-state index in [4.69, 9.17) is 0 Å². The van der Waals surface area contributed by atoms with Gasteiger partial charge in [0.15, 0.2) is 5.13 Å². The molecule has 140 valence electrons. The Morgan fingerprint density at radius 3 is 2.89 bits per heavy atom. The minimum atomic E-state index is -2.56. The molecule has 0 saturated heterocycles. The molecule has 27 heavy (non-hydrogen) atoms. The number of carbonyl (C=O) groups excluding carboxylic acids is 1. The van der Waals surface area contributed by atoms with Gasteiger partial charge >= 0.3 is 0 Å². The summed E-state index contributed by atoms with van der Waals surface area (Å²) in [6.45, 7) is -0.594. The van der Waals surface area contributed by atoms with Crippen molar-refractivity contribution in [2.45, 2.75) is 6.43 Å². The van der Waals surface area contributed by atoms with E-state index in [1.165, 1.54) is 30.4 Å². The Labute approximate surface area is 155 Å². The third-order valence-corrected chi connectivity index (χ3v) is 4.34. The molecule has 0 fully saturated rings. The van der Waals surface area contributed by atoms with Gasteiger partial charge < -0.3 is 5.32 Å². The highest BCUT2D eigenvalue weighted by Crippen LogP contribution is 2.31. The molecule has 11 heteroatoms. The molecule has 0 aliphatic carbocycles. The van der Waals surface area contributed by atoms with Crippen molar-refractivity contribution in [2.24, 2.45) is 0 Å².